The van der Waals surface area contributed by atoms with E-state index in [-0.39, 0.29) is 86.9 Å². The first-order valence-corrected chi connectivity index (χ1v) is 15.9. The first kappa shape index (κ1) is 37.1. The Morgan fingerprint density at radius 3 is 1.98 bits per heavy atom. The molecule has 6 aromatic rings. The third-order valence-corrected chi connectivity index (χ3v) is 8.44. The van der Waals surface area contributed by atoms with Gasteiger partial charge in [0.1, 0.15) is 10.7 Å². The van der Waals surface area contributed by atoms with E-state index in [0.29, 0.717) is 28.1 Å². The number of benzene rings is 5. The van der Waals surface area contributed by atoms with Crippen LogP contribution in [0.5, 0.6) is 11.5 Å². The van der Waals surface area contributed by atoms with E-state index in [1.165, 1.54) is 24.3 Å². The fraction of sp³-hybridized carbons (Fsp3) is 0. The molecule has 5 N–H and O–H groups in total. The van der Waals surface area contributed by atoms with Crippen molar-refractivity contribution in [3.05, 3.63) is 84.9 Å². The van der Waals surface area contributed by atoms with Crippen LogP contribution in [0.15, 0.2) is 115 Å². The summed E-state index contributed by atoms with van der Waals surface area (Å²) < 4.78 is 65.7. The molecule has 0 spiro atoms. The third-order valence-electron chi connectivity index (χ3n) is 6.69. The number of anilines is 1. The van der Waals surface area contributed by atoms with Crippen LogP contribution in [0.25, 0.3) is 33.2 Å². The molecule has 0 amide bonds. The number of azo groups is 2. The van der Waals surface area contributed by atoms with Gasteiger partial charge in [-0.25, -0.2) is 4.98 Å². The van der Waals surface area contributed by atoms with E-state index >= 15 is 0 Å². The van der Waals surface area contributed by atoms with Crippen molar-refractivity contribution in [3.8, 4) is 22.9 Å². The molecule has 232 valence electrons. The molecule has 0 fully saturated rings. The number of H-pyrrole nitrogens is 1. The Balaban J connectivity index is 0.00000260. The number of hydrogen-bond acceptors (Lipinski definition) is 12. The fourth-order valence-electron chi connectivity index (χ4n) is 4.50. The summed E-state index contributed by atoms with van der Waals surface area (Å²) in [7, 11) is -9.52. The van der Waals surface area contributed by atoms with Crippen LogP contribution in [0.1, 0.15) is 0 Å². The Hall–Kier alpha value is -3.75. The Bertz CT molecular complexity index is 2470. The van der Waals surface area contributed by atoms with Gasteiger partial charge in [0.25, 0.3) is 20.2 Å². The molecule has 0 aliphatic heterocycles. The van der Waals surface area contributed by atoms with Crippen molar-refractivity contribution in [2.75, 3.05) is 5.73 Å². The molecule has 0 saturated heterocycles. The number of aromatic nitrogens is 2. The summed E-state index contributed by atoms with van der Waals surface area (Å²) in [5.74, 6) is -1.15. The van der Waals surface area contributed by atoms with Gasteiger partial charge in [0.15, 0.2) is 0 Å². The molecule has 1 aromatic heterocycles. The van der Waals surface area contributed by atoms with Gasteiger partial charge in [0.2, 0.25) is 0 Å². The summed E-state index contributed by atoms with van der Waals surface area (Å²) in [4.78, 5) is 6.23. The smallest absolute Gasteiger partial charge is 0.872 e. The summed E-state index contributed by atoms with van der Waals surface area (Å²) >= 11 is 0. The molecule has 19 heteroatoms. The van der Waals surface area contributed by atoms with Crippen LogP contribution in [0.2, 0.25) is 0 Å². The number of aromatic amines is 1. The van der Waals surface area contributed by atoms with Crippen molar-refractivity contribution in [2.24, 2.45) is 20.5 Å². The zero-order valence-electron chi connectivity index (χ0n) is 25.1. The second kappa shape index (κ2) is 14.4. The van der Waals surface area contributed by atoms with Crippen LogP contribution in [0.4, 0.5) is 28.4 Å². The van der Waals surface area contributed by atoms with E-state index in [0.717, 1.165) is 18.2 Å². The topological polar surface area (TPSA) is 259 Å². The third kappa shape index (κ3) is 7.92. The van der Waals surface area contributed by atoms with Gasteiger partial charge < -0.3 is 20.9 Å². The van der Waals surface area contributed by atoms with Crippen LogP contribution >= 0.6 is 0 Å². The molecule has 5 aromatic carbocycles. The maximum Gasteiger partial charge on any atom is 1.00 e. The van der Waals surface area contributed by atoms with Gasteiger partial charge in [-0.1, -0.05) is 23.6 Å². The van der Waals surface area contributed by atoms with Crippen molar-refractivity contribution in [2.45, 2.75) is 9.79 Å². The van der Waals surface area contributed by atoms with Crippen molar-refractivity contribution >= 4 is 70.5 Å². The van der Waals surface area contributed by atoms with Crippen molar-refractivity contribution in [1.82, 2.24) is 9.97 Å². The average Bonchev–Trinajstić information content (AvgIpc) is 3.43. The Morgan fingerprint density at radius 2 is 1.29 bits per heavy atom. The summed E-state index contributed by atoms with van der Waals surface area (Å²) in [5, 5.41) is 41.0. The molecule has 15 nitrogen and oxygen atoms in total. The van der Waals surface area contributed by atoms with Gasteiger partial charge in [-0.15, -0.1) is 5.11 Å². The van der Waals surface area contributed by atoms with Crippen LogP contribution < -0.4 is 75.1 Å². The maximum absolute atomic E-state index is 13.1. The SMILES string of the molecule is Nc1ccc2cc(S(=O)(=O)O)c(N=Nc3ccc4[nH]c(-c5ccc(N=Nc6ccc([O-])c(S(=O)(=O)O)c6)cc5)nc4c3)c([O-])c2c1.[Na+].[Na+]. The van der Waals surface area contributed by atoms with E-state index in [4.69, 9.17) is 5.73 Å². The number of nitrogens with one attached hydrogen (secondary N) is 1. The summed E-state index contributed by atoms with van der Waals surface area (Å²) in [6.07, 6.45) is 0. The van der Waals surface area contributed by atoms with Gasteiger partial charge in [-0.3, -0.25) is 9.11 Å². The van der Waals surface area contributed by atoms with Crippen LogP contribution in [0, 0.1) is 0 Å². The van der Waals surface area contributed by atoms with Crippen LogP contribution in [-0.4, -0.2) is 35.9 Å². The quantitative estimate of drug-likeness (QED) is 0.0713. The van der Waals surface area contributed by atoms with Crippen LogP contribution in [0.3, 0.4) is 0 Å². The Morgan fingerprint density at radius 1 is 0.688 bits per heavy atom. The molecule has 48 heavy (non-hydrogen) atoms. The molecule has 0 aliphatic carbocycles. The Kier molecular flexibility index (Phi) is 11.1. The van der Waals surface area contributed by atoms with Gasteiger partial charge in [-0.2, -0.15) is 32.2 Å². The Labute approximate surface area is 316 Å². The minimum absolute atomic E-state index is 0. The average molecular weight is 704 g/mol. The molecule has 0 atom stereocenters. The second-order valence-electron chi connectivity index (χ2n) is 9.85. The predicted molar refractivity (Wildman–Crippen MR) is 163 cm³/mol. The van der Waals surface area contributed by atoms with Gasteiger partial charge >= 0.3 is 59.1 Å². The second-order valence-corrected chi connectivity index (χ2v) is 12.6. The van der Waals surface area contributed by atoms with E-state index in [1.807, 2.05) is 0 Å². The number of imidazole rings is 1. The predicted octanol–water partition coefficient (Wildman–Crippen LogP) is -0.555. The monoisotopic (exact) mass is 703 g/mol. The molecular weight excluding hydrogens is 684 g/mol. The molecule has 0 radical (unpaired) electrons. The van der Waals surface area contributed by atoms with E-state index in [2.05, 4.69) is 30.4 Å². The van der Waals surface area contributed by atoms with Gasteiger partial charge in [-0.05, 0) is 83.6 Å². The molecular formula is C29H19N7Na2O8S2. The molecule has 0 saturated carbocycles. The van der Waals surface area contributed by atoms with E-state index < -0.39 is 47.2 Å². The number of fused-ring (bicyclic) bond motifs is 2. The number of nitrogens with two attached hydrogens (primary N) is 1. The van der Waals surface area contributed by atoms with Gasteiger partial charge in [0, 0.05) is 11.3 Å². The number of rotatable bonds is 7. The van der Waals surface area contributed by atoms with Gasteiger partial charge in [0.05, 0.1) is 38.7 Å². The molecule has 6 rings (SSSR count). The van der Waals surface area contributed by atoms with Crippen LogP contribution in [-0.2, 0) is 20.2 Å². The molecule has 1 heterocycles. The normalized spacial score (nSPS) is 12.0. The first-order chi connectivity index (χ1) is 21.8. The molecule has 0 unspecified atom stereocenters. The van der Waals surface area contributed by atoms with E-state index in [9.17, 15) is 36.2 Å². The largest absolute Gasteiger partial charge is 1.00 e. The van der Waals surface area contributed by atoms with Crippen molar-refractivity contribution < 1.29 is 95.3 Å². The van der Waals surface area contributed by atoms with Crippen molar-refractivity contribution in [1.29, 1.82) is 0 Å². The standard InChI is InChI=1S/C29H21N7O8S2.2Na/c30-17-4-1-16-11-26(46(42,43)44)27(28(38)21(16)12-17)36-35-19-7-9-22-23(13-19)32-29(31-22)15-2-5-18(6-3-15)33-34-20-8-10-24(37)25(14-20)45(39,40)41;;/h1-14,37-38H,30H2,(H,31,32)(H,39,40,41)(H,42,43,44);;/q;2*+1/p-2. The van der Waals surface area contributed by atoms with Crippen molar-refractivity contribution in [3.63, 3.8) is 0 Å². The summed E-state index contributed by atoms with van der Waals surface area (Å²) in [6, 6.07) is 20.1. The zero-order valence-corrected chi connectivity index (χ0v) is 30.7. The molecule has 0 aliphatic rings. The van der Waals surface area contributed by atoms with E-state index in [1.54, 1.807) is 42.5 Å². The summed E-state index contributed by atoms with van der Waals surface area (Å²) in [5.41, 5.74) is 7.99. The summed E-state index contributed by atoms with van der Waals surface area (Å²) in [6.45, 7) is 0. The molecule has 0 bridgehead atoms. The number of nitrogen functional groups attached to an aromatic ring is 1. The zero-order chi connectivity index (χ0) is 32.8. The minimum atomic E-state index is -4.81. The fourth-order valence-corrected chi connectivity index (χ4v) is 5.75. The number of nitrogens with zero attached hydrogens (tertiary/aromatic N) is 5. The minimum Gasteiger partial charge on any atom is -0.872 e. The first-order valence-electron chi connectivity index (χ1n) is 13.0. The number of hydrogen-bond donors (Lipinski definition) is 4. The maximum atomic E-state index is 13.1.